The largest absolute Gasteiger partial charge is 0.459 e. The molecule has 0 aliphatic heterocycles. The maximum atomic E-state index is 12.1. The van der Waals surface area contributed by atoms with Gasteiger partial charge in [-0.05, 0) is 17.5 Å². The average Bonchev–Trinajstić information content (AvgIpc) is 2.56. The second-order valence-corrected chi connectivity index (χ2v) is 5.64. The van der Waals surface area contributed by atoms with Crippen molar-refractivity contribution in [3.05, 3.63) is 35.4 Å². The minimum Gasteiger partial charge on any atom is -0.459 e. The van der Waals surface area contributed by atoms with Gasteiger partial charge in [0.2, 0.25) is 0 Å². The predicted molar refractivity (Wildman–Crippen MR) is 81.9 cm³/mol. The van der Waals surface area contributed by atoms with Crippen molar-refractivity contribution in [2.75, 3.05) is 13.2 Å². The minimum atomic E-state index is -1.76. The molecule has 1 aromatic carbocycles. The number of rotatable bonds is 8. The lowest BCUT2D eigenvalue weighted by molar-refractivity contribution is -0.124. The van der Waals surface area contributed by atoms with E-state index in [2.05, 4.69) is 0 Å². The first-order chi connectivity index (χ1) is 10.8. The Hall–Kier alpha value is -1.51. The predicted octanol–water partition coefficient (Wildman–Crippen LogP) is -0.597. The van der Waals surface area contributed by atoms with Crippen molar-refractivity contribution in [3.63, 3.8) is 0 Å². The fraction of sp³-hybridized carbons (Fsp3) is 0.562. The van der Waals surface area contributed by atoms with Gasteiger partial charge in [0.15, 0.2) is 0 Å². The number of carbonyl (C=O) groups is 1. The van der Waals surface area contributed by atoms with E-state index in [4.69, 9.17) is 9.84 Å². The van der Waals surface area contributed by atoms with Crippen LogP contribution in [0.5, 0.6) is 0 Å². The summed E-state index contributed by atoms with van der Waals surface area (Å²) in [5.41, 5.74) is 1.16. The Kier molecular flexibility index (Phi) is 7.60. The molecule has 1 rings (SSSR count). The Morgan fingerprint density at radius 3 is 2.17 bits per heavy atom. The van der Waals surface area contributed by atoms with Crippen LogP contribution in [0.2, 0.25) is 0 Å². The molecule has 0 aromatic heterocycles. The van der Waals surface area contributed by atoms with Gasteiger partial charge in [-0.15, -0.1) is 0 Å². The third-order valence-electron chi connectivity index (χ3n) is 3.51. The third kappa shape index (κ3) is 5.26. The molecule has 5 N–H and O–H groups in total. The number of benzene rings is 1. The van der Waals surface area contributed by atoms with Gasteiger partial charge in [-0.2, -0.15) is 0 Å². The Labute approximate surface area is 134 Å². The molecule has 0 saturated heterocycles. The van der Waals surface area contributed by atoms with E-state index in [9.17, 15) is 25.2 Å². The smallest absolute Gasteiger partial charge is 0.338 e. The van der Waals surface area contributed by atoms with Gasteiger partial charge in [0.1, 0.15) is 31.0 Å². The van der Waals surface area contributed by atoms with Crippen LogP contribution in [0.3, 0.4) is 0 Å². The summed E-state index contributed by atoms with van der Waals surface area (Å²) in [6.07, 6.45) is -6.71. The number of hydrogen-bond donors (Lipinski definition) is 5. The lowest BCUT2D eigenvalue weighted by atomic mass is 9.97. The van der Waals surface area contributed by atoms with E-state index in [0.717, 1.165) is 5.56 Å². The molecule has 130 valence electrons. The normalized spacial score (nSPS) is 16.7. The summed E-state index contributed by atoms with van der Waals surface area (Å²) in [6, 6.07) is 6.89. The van der Waals surface area contributed by atoms with E-state index < -0.39 is 43.6 Å². The molecule has 7 nitrogen and oxygen atoms in total. The van der Waals surface area contributed by atoms with Crippen LogP contribution in [0.4, 0.5) is 0 Å². The van der Waals surface area contributed by atoms with Crippen molar-refractivity contribution in [1.82, 2.24) is 0 Å². The molecule has 0 aliphatic rings. The van der Waals surface area contributed by atoms with Crippen molar-refractivity contribution in [2.45, 2.75) is 44.2 Å². The number of carbonyl (C=O) groups excluding carboxylic acids is 1. The number of ether oxygens (including phenoxy) is 1. The zero-order valence-electron chi connectivity index (χ0n) is 13.2. The summed E-state index contributed by atoms with van der Waals surface area (Å²) in [5.74, 6) is -0.548. The maximum absolute atomic E-state index is 12.1. The molecule has 0 heterocycles. The van der Waals surface area contributed by atoms with E-state index >= 15 is 0 Å². The Morgan fingerprint density at radius 2 is 1.61 bits per heavy atom. The molecule has 0 spiro atoms. The second kappa shape index (κ2) is 8.95. The average molecular weight is 328 g/mol. The molecule has 0 radical (unpaired) electrons. The quantitative estimate of drug-likeness (QED) is 0.403. The summed E-state index contributed by atoms with van der Waals surface area (Å²) in [5, 5.41) is 46.8. The van der Waals surface area contributed by atoms with Crippen LogP contribution < -0.4 is 0 Å². The van der Waals surface area contributed by atoms with Gasteiger partial charge in [0.25, 0.3) is 0 Å². The number of esters is 1. The molecular weight excluding hydrogens is 304 g/mol. The minimum absolute atomic E-state index is 0.107. The third-order valence-corrected chi connectivity index (χ3v) is 3.51. The van der Waals surface area contributed by atoms with Crippen LogP contribution in [0.1, 0.15) is 35.7 Å². The van der Waals surface area contributed by atoms with Gasteiger partial charge in [0.05, 0.1) is 12.2 Å². The Bertz CT molecular complexity index is 503. The van der Waals surface area contributed by atoms with Crippen LogP contribution in [0.25, 0.3) is 0 Å². The van der Waals surface area contributed by atoms with Crippen molar-refractivity contribution in [3.8, 4) is 0 Å². The fourth-order valence-electron chi connectivity index (χ4n) is 2.09. The molecule has 0 aliphatic carbocycles. The van der Waals surface area contributed by atoms with Gasteiger partial charge in [0, 0.05) is 0 Å². The lowest BCUT2D eigenvalue weighted by Gasteiger charge is -2.25. The van der Waals surface area contributed by atoms with E-state index in [1.807, 2.05) is 13.8 Å². The zero-order valence-corrected chi connectivity index (χ0v) is 13.2. The first-order valence-corrected chi connectivity index (χ1v) is 7.38. The summed E-state index contributed by atoms with van der Waals surface area (Å²) in [6.45, 7) is 2.53. The van der Waals surface area contributed by atoms with Crippen LogP contribution >= 0.6 is 0 Å². The van der Waals surface area contributed by atoms with Crippen molar-refractivity contribution >= 4 is 5.97 Å². The van der Waals surface area contributed by atoms with Gasteiger partial charge in [-0.1, -0.05) is 32.0 Å². The Morgan fingerprint density at radius 1 is 1.04 bits per heavy atom. The molecule has 23 heavy (non-hydrogen) atoms. The summed E-state index contributed by atoms with van der Waals surface area (Å²) in [4.78, 5) is 12.1. The molecule has 0 amide bonds. The highest BCUT2D eigenvalue weighted by Crippen LogP contribution is 2.20. The maximum Gasteiger partial charge on any atom is 0.338 e. The van der Waals surface area contributed by atoms with Crippen LogP contribution in [0.15, 0.2) is 24.3 Å². The van der Waals surface area contributed by atoms with Crippen LogP contribution in [-0.2, 0) is 4.74 Å². The van der Waals surface area contributed by atoms with E-state index in [1.165, 1.54) is 0 Å². The van der Waals surface area contributed by atoms with Crippen molar-refractivity contribution in [2.24, 2.45) is 0 Å². The number of aliphatic hydroxyl groups excluding tert-OH is 5. The summed E-state index contributed by atoms with van der Waals surface area (Å²) in [7, 11) is 0. The van der Waals surface area contributed by atoms with Crippen LogP contribution in [0, 0.1) is 0 Å². The summed E-state index contributed by atoms with van der Waals surface area (Å²) >= 11 is 0. The van der Waals surface area contributed by atoms with E-state index in [1.54, 1.807) is 24.3 Å². The van der Waals surface area contributed by atoms with Gasteiger partial charge in [-0.25, -0.2) is 4.79 Å². The number of hydrogen-bond acceptors (Lipinski definition) is 7. The van der Waals surface area contributed by atoms with E-state index in [0.29, 0.717) is 5.56 Å². The molecular formula is C16H24O7. The molecule has 0 saturated carbocycles. The fourth-order valence-corrected chi connectivity index (χ4v) is 2.09. The highest BCUT2D eigenvalue weighted by molar-refractivity contribution is 5.91. The highest BCUT2D eigenvalue weighted by atomic mass is 16.5. The first kappa shape index (κ1) is 19.5. The van der Waals surface area contributed by atoms with Crippen molar-refractivity contribution < 1.29 is 35.1 Å². The Balaban J connectivity index is 2.66. The number of aliphatic hydroxyl groups is 5. The van der Waals surface area contributed by atoms with Gasteiger partial charge >= 0.3 is 5.97 Å². The van der Waals surface area contributed by atoms with Gasteiger partial charge in [-0.3, -0.25) is 0 Å². The first-order valence-electron chi connectivity index (χ1n) is 7.38. The molecule has 0 fully saturated rings. The molecule has 0 bridgehead atoms. The molecule has 4 atom stereocenters. The zero-order chi connectivity index (χ0) is 17.6. The molecule has 7 heteroatoms. The van der Waals surface area contributed by atoms with E-state index in [-0.39, 0.29) is 5.92 Å². The van der Waals surface area contributed by atoms with Crippen LogP contribution in [-0.4, -0.2) is 69.1 Å². The molecule has 1 aromatic rings. The van der Waals surface area contributed by atoms with Crippen molar-refractivity contribution in [1.29, 1.82) is 0 Å². The lowest BCUT2D eigenvalue weighted by Crippen LogP contribution is -2.47. The highest BCUT2D eigenvalue weighted by Gasteiger charge is 2.31. The second-order valence-electron chi connectivity index (χ2n) is 5.64. The monoisotopic (exact) mass is 328 g/mol. The topological polar surface area (TPSA) is 127 Å². The molecule has 0 unspecified atom stereocenters. The SMILES string of the molecule is CC(C)c1ccccc1C(=O)OC[C@H](O)[C@@H](O)[C@H](O)[C@H](O)CO. The standard InChI is InChI=1S/C16H24O7/c1-9(2)10-5-3-4-6-11(10)16(22)23-8-13(19)15(21)14(20)12(18)7-17/h3-6,9,12-15,17-21H,7-8H2,1-2H3/t12-,13+,14-,15-/m1/s1. The summed E-state index contributed by atoms with van der Waals surface area (Å²) < 4.78 is 4.96. The van der Waals surface area contributed by atoms with Gasteiger partial charge < -0.3 is 30.3 Å².